The number of alkyl halides is 18. The summed E-state index contributed by atoms with van der Waals surface area (Å²) in [6.07, 6.45) is -38.4. The minimum Gasteiger partial charge on any atom is -0.342 e. The molecule has 198 valence electrons. The van der Waals surface area contributed by atoms with Crippen LogP contribution < -0.4 is 0 Å². The Kier molecular flexibility index (Phi) is 6.82. The molecule has 0 saturated carbocycles. The largest absolute Gasteiger partial charge is 0.437 e. The fraction of sp³-hybridized carbons (Fsp3) is 1.00. The van der Waals surface area contributed by atoms with Gasteiger partial charge in [-0.1, -0.05) is 6.92 Å². The minimum atomic E-state index is -7.89. The van der Waals surface area contributed by atoms with Gasteiger partial charge in [0.25, 0.3) is 5.79 Å². The molecule has 0 aromatic carbocycles. The molecule has 0 aromatic heterocycles. The van der Waals surface area contributed by atoms with Crippen molar-refractivity contribution < 1.29 is 88.5 Å². The molecule has 0 aromatic rings. The quantitative estimate of drug-likeness (QED) is 0.375. The van der Waals surface area contributed by atoms with Crippen molar-refractivity contribution in [2.24, 2.45) is 0 Å². The third-order valence-corrected chi connectivity index (χ3v) is 4.38. The monoisotopic (exact) mass is 538 g/mol. The summed E-state index contributed by atoms with van der Waals surface area (Å²) in [6.45, 7) is -1.38. The molecule has 20 heteroatoms. The summed E-state index contributed by atoms with van der Waals surface area (Å²) in [5, 5.41) is 0. The van der Waals surface area contributed by atoms with Gasteiger partial charge in [0.05, 0.1) is 6.61 Å². The van der Waals surface area contributed by atoms with Gasteiger partial charge in [-0.15, -0.1) is 0 Å². The van der Waals surface area contributed by atoms with Gasteiger partial charge in [0, 0.05) is 0 Å². The summed E-state index contributed by atoms with van der Waals surface area (Å²) in [4.78, 5) is 0. The lowest BCUT2D eigenvalue weighted by atomic mass is 9.84. The highest BCUT2D eigenvalue weighted by Crippen LogP contribution is 2.69. The molecule has 33 heavy (non-hydrogen) atoms. The van der Waals surface area contributed by atoms with Gasteiger partial charge in [-0.25, -0.2) is 8.78 Å². The summed E-state index contributed by atoms with van der Waals surface area (Å²) in [5.41, 5.74) is -15.6. The Morgan fingerprint density at radius 3 is 1.30 bits per heavy atom. The lowest BCUT2D eigenvalue weighted by Gasteiger charge is -2.45. The molecule has 0 bridgehead atoms. The molecule has 0 aliphatic carbocycles. The molecule has 0 amide bonds. The fourth-order valence-electron chi connectivity index (χ4n) is 2.79. The fourth-order valence-corrected chi connectivity index (χ4v) is 2.79. The number of hydrogen-bond donors (Lipinski definition) is 0. The van der Waals surface area contributed by atoms with Gasteiger partial charge in [-0.2, -0.15) is 70.2 Å². The van der Waals surface area contributed by atoms with Crippen LogP contribution in [0.2, 0.25) is 0 Å². The highest BCUT2D eigenvalue weighted by atomic mass is 19.4. The standard InChI is InChI=1S/C13H8F18O2/c1-2-3-32-9(7(17,12(26,27)28)13(29,30)31)8(18,19)6(15,16)4(33-9)5(14,10(20,21)22)11(23,24)25/h4H,2-3H2,1H3. The number of rotatable bonds is 5. The van der Waals surface area contributed by atoms with Gasteiger partial charge in [0.1, 0.15) is 0 Å². The smallest absolute Gasteiger partial charge is 0.342 e. The van der Waals surface area contributed by atoms with Crippen molar-refractivity contribution in [1.29, 1.82) is 0 Å². The molecule has 1 aliphatic rings. The zero-order valence-electron chi connectivity index (χ0n) is 15.1. The Morgan fingerprint density at radius 1 is 0.667 bits per heavy atom. The highest BCUT2D eigenvalue weighted by molar-refractivity contribution is 5.25. The molecule has 1 aliphatic heterocycles. The van der Waals surface area contributed by atoms with E-state index in [1.54, 1.807) is 0 Å². The SMILES string of the molecule is CCCOC1(C(F)(C(F)(F)F)C(F)(F)F)OC(C(F)(C(F)(F)F)C(F)(F)F)C(F)(F)C1(F)F. The predicted molar refractivity (Wildman–Crippen MR) is 65.6 cm³/mol. The predicted octanol–water partition coefficient (Wildman–Crippen LogP) is 6.44. The molecule has 1 fully saturated rings. The Balaban J connectivity index is 4.20. The summed E-state index contributed by atoms with van der Waals surface area (Å²) in [5.74, 6) is -22.1. The van der Waals surface area contributed by atoms with E-state index in [1.807, 2.05) is 0 Å². The maximum absolute atomic E-state index is 14.5. The van der Waals surface area contributed by atoms with Crippen LogP contribution in [0.3, 0.4) is 0 Å². The molecule has 2 atom stereocenters. The van der Waals surface area contributed by atoms with E-state index in [0.29, 0.717) is 6.92 Å². The molecule has 1 rings (SSSR count). The first-order chi connectivity index (χ1) is 14.1. The van der Waals surface area contributed by atoms with Gasteiger partial charge in [0.15, 0.2) is 6.10 Å². The second-order valence-electron chi connectivity index (χ2n) is 6.52. The average Bonchev–Trinajstić information content (AvgIpc) is 2.71. The van der Waals surface area contributed by atoms with Crippen LogP contribution >= 0.6 is 0 Å². The third kappa shape index (κ3) is 3.60. The lowest BCUT2D eigenvalue weighted by molar-refractivity contribution is -0.473. The Hall–Kier alpha value is -1.34. The normalized spacial score (nSPS) is 27.2. The molecular formula is C13H8F18O2. The van der Waals surface area contributed by atoms with Crippen LogP contribution in [0.4, 0.5) is 79.0 Å². The molecule has 2 unspecified atom stereocenters. The first-order valence-electron chi connectivity index (χ1n) is 7.87. The maximum atomic E-state index is 14.5. The summed E-state index contributed by atoms with van der Waals surface area (Å²) in [7, 11) is 0. The topological polar surface area (TPSA) is 18.5 Å². The van der Waals surface area contributed by atoms with Gasteiger partial charge < -0.3 is 9.47 Å². The zero-order valence-corrected chi connectivity index (χ0v) is 15.1. The average molecular weight is 538 g/mol. The van der Waals surface area contributed by atoms with E-state index in [1.165, 1.54) is 0 Å². The van der Waals surface area contributed by atoms with Crippen molar-refractivity contribution in [3.05, 3.63) is 0 Å². The van der Waals surface area contributed by atoms with E-state index in [-0.39, 0.29) is 0 Å². The minimum absolute atomic E-state index is 0.655. The van der Waals surface area contributed by atoms with Crippen LogP contribution in [0.25, 0.3) is 0 Å². The Bertz CT molecular complexity index is 687. The van der Waals surface area contributed by atoms with Crippen LogP contribution in [0, 0.1) is 0 Å². The molecule has 2 nitrogen and oxygen atoms in total. The van der Waals surface area contributed by atoms with E-state index in [9.17, 15) is 79.0 Å². The first kappa shape index (κ1) is 29.7. The van der Waals surface area contributed by atoms with Crippen molar-refractivity contribution in [2.45, 2.75) is 73.1 Å². The molecule has 0 N–H and O–H groups in total. The molecule has 1 saturated heterocycles. The van der Waals surface area contributed by atoms with E-state index < -0.39 is 72.8 Å². The van der Waals surface area contributed by atoms with Crippen LogP contribution in [0.5, 0.6) is 0 Å². The van der Waals surface area contributed by atoms with Crippen LogP contribution in [0.15, 0.2) is 0 Å². The summed E-state index contributed by atoms with van der Waals surface area (Å²) >= 11 is 0. The van der Waals surface area contributed by atoms with E-state index in [0.717, 1.165) is 0 Å². The molecular weight excluding hydrogens is 530 g/mol. The second-order valence-corrected chi connectivity index (χ2v) is 6.52. The van der Waals surface area contributed by atoms with Crippen molar-refractivity contribution in [3.8, 4) is 0 Å². The van der Waals surface area contributed by atoms with Gasteiger partial charge in [-0.05, 0) is 6.42 Å². The Morgan fingerprint density at radius 2 is 1.03 bits per heavy atom. The number of hydrogen-bond acceptors (Lipinski definition) is 2. The van der Waals surface area contributed by atoms with E-state index in [4.69, 9.17) is 0 Å². The van der Waals surface area contributed by atoms with Crippen molar-refractivity contribution in [2.75, 3.05) is 6.61 Å². The highest BCUT2D eigenvalue weighted by Gasteiger charge is 3.00. The van der Waals surface area contributed by atoms with Crippen molar-refractivity contribution in [3.63, 3.8) is 0 Å². The van der Waals surface area contributed by atoms with Crippen molar-refractivity contribution in [1.82, 2.24) is 0 Å². The van der Waals surface area contributed by atoms with Gasteiger partial charge in [0.2, 0.25) is 0 Å². The second kappa shape index (κ2) is 7.58. The maximum Gasteiger partial charge on any atom is 0.437 e. The van der Waals surface area contributed by atoms with Gasteiger partial charge in [-0.3, -0.25) is 0 Å². The van der Waals surface area contributed by atoms with Crippen molar-refractivity contribution >= 4 is 0 Å². The number of halogens is 18. The van der Waals surface area contributed by atoms with E-state index in [2.05, 4.69) is 9.47 Å². The lowest BCUT2D eigenvalue weighted by Crippen LogP contribution is -2.75. The zero-order chi connectivity index (χ0) is 26.9. The molecule has 0 radical (unpaired) electrons. The van der Waals surface area contributed by atoms with Crippen LogP contribution in [-0.2, 0) is 9.47 Å². The summed E-state index contributed by atoms with van der Waals surface area (Å²) < 4.78 is 246. The number of ether oxygens (including phenoxy) is 2. The molecule has 0 spiro atoms. The van der Waals surface area contributed by atoms with Crippen LogP contribution in [-0.4, -0.2) is 66.4 Å². The summed E-state index contributed by atoms with van der Waals surface area (Å²) in [6, 6.07) is 0. The third-order valence-electron chi connectivity index (χ3n) is 4.38. The van der Waals surface area contributed by atoms with Gasteiger partial charge >= 0.3 is 47.9 Å². The molecule has 1 heterocycles. The first-order valence-corrected chi connectivity index (χ1v) is 7.87. The van der Waals surface area contributed by atoms with E-state index >= 15 is 0 Å². The Labute approximate surface area is 169 Å². The van der Waals surface area contributed by atoms with Crippen LogP contribution in [0.1, 0.15) is 13.3 Å².